The number of pyridine rings is 1. The summed E-state index contributed by atoms with van der Waals surface area (Å²) >= 11 is 5.67. The van der Waals surface area contributed by atoms with Crippen molar-refractivity contribution in [3.8, 4) is 5.88 Å². The molecule has 0 fully saturated rings. The van der Waals surface area contributed by atoms with E-state index in [1.165, 1.54) is 0 Å². The van der Waals surface area contributed by atoms with Crippen LogP contribution in [0.5, 0.6) is 5.88 Å². The SMILES string of the molecule is CC(C)(C)[Si](C)(C)OCCOc1ncc(I)cc1Br. The molecule has 1 heterocycles. The van der Waals surface area contributed by atoms with Gasteiger partial charge in [0.05, 0.1) is 11.1 Å². The maximum atomic E-state index is 6.05. The molecule has 0 bridgehead atoms. The van der Waals surface area contributed by atoms with E-state index in [0.29, 0.717) is 19.1 Å². The van der Waals surface area contributed by atoms with E-state index in [2.05, 4.69) is 77.4 Å². The first-order valence-electron chi connectivity index (χ1n) is 6.21. The van der Waals surface area contributed by atoms with Crippen LogP contribution in [0, 0.1) is 3.57 Å². The molecule has 1 rings (SSSR count). The quantitative estimate of drug-likeness (QED) is 0.359. The Balaban J connectivity index is 2.43. The molecular formula is C13H21BrINO2Si. The van der Waals surface area contributed by atoms with Crippen LogP contribution in [0.4, 0.5) is 0 Å². The lowest BCUT2D eigenvalue weighted by Gasteiger charge is -2.36. The fraction of sp³-hybridized carbons (Fsp3) is 0.615. The second-order valence-electron chi connectivity index (χ2n) is 5.90. The first-order valence-corrected chi connectivity index (χ1v) is 11.0. The van der Waals surface area contributed by atoms with E-state index in [4.69, 9.17) is 9.16 Å². The van der Waals surface area contributed by atoms with Gasteiger partial charge in [-0.2, -0.15) is 0 Å². The third-order valence-corrected chi connectivity index (χ3v) is 9.06. The molecule has 3 nitrogen and oxygen atoms in total. The molecular weight excluding hydrogens is 437 g/mol. The molecule has 0 aliphatic heterocycles. The van der Waals surface area contributed by atoms with Gasteiger partial charge in [-0.25, -0.2) is 4.98 Å². The molecule has 108 valence electrons. The number of ether oxygens (including phenoxy) is 1. The second kappa shape index (κ2) is 6.86. The van der Waals surface area contributed by atoms with Gasteiger partial charge in [0, 0.05) is 9.77 Å². The fourth-order valence-electron chi connectivity index (χ4n) is 1.16. The summed E-state index contributed by atoms with van der Waals surface area (Å²) in [6.45, 7) is 12.3. The Kier molecular flexibility index (Phi) is 6.28. The summed E-state index contributed by atoms with van der Waals surface area (Å²) in [5, 5.41) is 0.231. The highest BCUT2D eigenvalue weighted by atomic mass is 127. The number of hydrogen-bond acceptors (Lipinski definition) is 3. The van der Waals surface area contributed by atoms with Crippen LogP contribution in [0.3, 0.4) is 0 Å². The largest absolute Gasteiger partial charge is 0.474 e. The van der Waals surface area contributed by atoms with Gasteiger partial charge >= 0.3 is 0 Å². The molecule has 19 heavy (non-hydrogen) atoms. The summed E-state index contributed by atoms with van der Waals surface area (Å²) in [7, 11) is -1.68. The van der Waals surface area contributed by atoms with Crippen molar-refractivity contribution in [2.45, 2.75) is 38.9 Å². The molecule has 0 N–H and O–H groups in total. The number of halogens is 2. The normalized spacial score (nSPS) is 12.6. The van der Waals surface area contributed by atoms with Crippen LogP contribution in [0.15, 0.2) is 16.7 Å². The lowest BCUT2D eigenvalue weighted by molar-refractivity contribution is 0.198. The van der Waals surface area contributed by atoms with Crippen LogP contribution < -0.4 is 4.74 Å². The zero-order valence-corrected chi connectivity index (χ0v) is 16.8. The third kappa shape index (κ3) is 5.32. The first kappa shape index (κ1) is 17.4. The van der Waals surface area contributed by atoms with Gasteiger partial charge in [0.2, 0.25) is 5.88 Å². The van der Waals surface area contributed by atoms with Gasteiger partial charge in [0.1, 0.15) is 6.61 Å². The summed E-state index contributed by atoms with van der Waals surface area (Å²) in [6, 6.07) is 1.98. The molecule has 0 aliphatic rings. The van der Waals surface area contributed by atoms with E-state index in [0.717, 1.165) is 8.04 Å². The van der Waals surface area contributed by atoms with E-state index in [1.54, 1.807) is 6.20 Å². The van der Waals surface area contributed by atoms with E-state index in [1.807, 2.05) is 6.07 Å². The highest BCUT2D eigenvalue weighted by molar-refractivity contribution is 14.1. The summed E-state index contributed by atoms with van der Waals surface area (Å²) < 4.78 is 13.6. The molecule has 0 amide bonds. The molecule has 0 saturated heterocycles. The van der Waals surface area contributed by atoms with Crippen molar-refractivity contribution in [2.24, 2.45) is 0 Å². The first-order chi connectivity index (χ1) is 8.63. The highest BCUT2D eigenvalue weighted by Crippen LogP contribution is 2.36. The molecule has 1 aromatic rings. The van der Waals surface area contributed by atoms with Gasteiger partial charge in [-0.1, -0.05) is 20.8 Å². The van der Waals surface area contributed by atoms with Gasteiger partial charge in [-0.05, 0) is 62.7 Å². The Hall–Kier alpha value is 0.337. The minimum Gasteiger partial charge on any atom is -0.474 e. The van der Waals surface area contributed by atoms with E-state index in [-0.39, 0.29) is 5.04 Å². The topological polar surface area (TPSA) is 31.4 Å². The average Bonchev–Trinajstić information content (AvgIpc) is 2.25. The van der Waals surface area contributed by atoms with Gasteiger partial charge in [0.15, 0.2) is 8.32 Å². The lowest BCUT2D eigenvalue weighted by atomic mass is 10.2. The molecule has 0 atom stereocenters. The van der Waals surface area contributed by atoms with Crippen LogP contribution in [-0.2, 0) is 4.43 Å². The summed E-state index contributed by atoms with van der Waals surface area (Å²) in [5.41, 5.74) is 0. The minimum atomic E-state index is -1.68. The molecule has 0 saturated carbocycles. The maximum absolute atomic E-state index is 6.05. The molecule has 1 aromatic heterocycles. The van der Waals surface area contributed by atoms with Crippen molar-refractivity contribution >= 4 is 46.8 Å². The van der Waals surface area contributed by atoms with Crippen molar-refractivity contribution in [3.63, 3.8) is 0 Å². The Labute approximate surface area is 138 Å². The standard InChI is InChI=1S/C13H21BrINO2Si/c1-13(2,3)19(4,5)18-7-6-17-12-11(14)8-10(15)9-16-12/h8-9H,6-7H2,1-5H3. The fourth-order valence-corrected chi connectivity index (χ4v) is 3.53. The summed E-state index contributed by atoms with van der Waals surface area (Å²) in [5.74, 6) is 0.624. The van der Waals surface area contributed by atoms with Gasteiger partial charge < -0.3 is 9.16 Å². The Morgan fingerprint density at radius 1 is 1.32 bits per heavy atom. The van der Waals surface area contributed by atoms with Crippen LogP contribution in [-0.4, -0.2) is 26.5 Å². The summed E-state index contributed by atoms with van der Waals surface area (Å²) in [6.07, 6.45) is 1.79. The van der Waals surface area contributed by atoms with E-state index >= 15 is 0 Å². The Morgan fingerprint density at radius 3 is 2.47 bits per heavy atom. The minimum absolute atomic E-state index is 0.231. The molecule has 0 radical (unpaired) electrons. The Morgan fingerprint density at radius 2 is 1.95 bits per heavy atom. The van der Waals surface area contributed by atoms with Gasteiger partial charge in [-0.3, -0.25) is 0 Å². The van der Waals surface area contributed by atoms with E-state index in [9.17, 15) is 0 Å². The van der Waals surface area contributed by atoms with Gasteiger partial charge in [0.25, 0.3) is 0 Å². The van der Waals surface area contributed by atoms with Crippen molar-refractivity contribution in [2.75, 3.05) is 13.2 Å². The zero-order chi connectivity index (χ0) is 14.7. The van der Waals surface area contributed by atoms with Crippen molar-refractivity contribution in [1.82, 2.24) is 4.98 Å². The highest BCUT2D eigenvalue weighted by Gasteiger charge is 2.36. The van der Waals surface area contributed by atoms with Crippen LogP contribution >= 0.6 is 38.5 Å². The number of rotatable bonds is 5. The predicted octanol–water partition coefficient (Wildman–Crippen LogP) is 4.85. The van der Waals surface area contributed by atoms with Crippen molar-refractivity contribution in [1.29, 1.82) is 0 Å². The monoisotopic (exact) mass is 457 g/mol. The Bertz CT molecular complexity index is 435. The zero-order valence-electron chi connectivity index (χ0n) is 12.1. The van der Waals surface area contributed by atoms with Crippen LogP contribution in [0.1, 0.15) is 20.8 Å². The molecule has 0 unspecified atom stereocenters. The number of aromatic nitrogens is 1. The lowest BCUT2D eigenvalue weighted by Crippen LogP contribution is -2.41. The molecule has 0 aliphatic carbocycles. The average molecular weight is 458 g/mol. The maximum Gasteiger partial charge on any atom is 0.228 e. The number of hydrogen-bond donors (Lipinski definition) is 0. The molecule has 0 spiro atoms. The summed E-state index contributed by atoms with van der Waals surface area (Å²) in [4.78, 5) is 4.24. The molecule has 6 heteroatoms. The predicted molar refractivity (Wildman–Crippen MR) is 93.3 cm³/mol. The van der Waals surface area contributed by atoms with Crippen molar-refractivity contribution < 1.29 is 9.16 Å². The van der Waals surface area contributed by atoms with Crippen LogP contribution in [0.25, 0.3) is 0 Å². The number of nitrogens with zero attached hydrogens (tertiary/aromatic N) is 1. The van der Waals surface area contributed by atoms with Gasteiger partial charge in [-0.15, -0.1) is 0 Å². The van der Waals surface area contributed by atoms with E-state index < -0.39 is 8.32 Å². The second-order valence-corrected chi connectivity index (χ2v) is 12.8. The van der Waals surface area contributed by atoms with Crippen LogP contribution in [0.2, 0.25) is 18.1 Å². The smallest absolute Gasteiger partial charge is 0.228 e. The molecule has 0 aromatic carbocycles. The third-order valence-electron chi connectivity index (χ3n) is 3.37. The van der Waals surface area contributed by atoms with Crippen molar-refractivity contribution in [3.05, 3.63) is 20.3 Å².